The summed E-state index contributed by atoms with van der Waals surface area (Å²) >= 11 is 0. The predicted molar refractivity (Wildman–Crippen MR) is 164 cm³/mol. The number of likely N-dealkylation sites (tertiary alicyclic amines) is 1. The van der Waals surface area contributed by atoms with Gasteiger partial charge in [0.1, 0.15) is 5.75 Å². The van der Waals surface area contributed by atoms with E-state index >= 15 is 0 Å². The third kappa shape index (κ3) is 8.87. The molecule has 3 amide bonds. The average molecular weight is 556 g/mol. The lowest BCUT2D eigenvalue weighted by molar-refractivity contribution is -0.134. The standard InChI is InChI=1S/C28H45N5O3.C2H6.C2H2/c1-5-6-14-31(15-7-13-29(2)3)27(34)21-32-20-24(22-8-10-25-23(19-22)12-18-36-25)9-11-26(32)33-17-16-30(4)28(33)35;2*1-2/h8,10,19,24,26H,5-7,9,11-18,20-21H2,1-4H3;1-2H3;1-2H/t24-,26?;;/m1../s1. The molecule has 8 heteroatoms. The fourth-order valence-corrected chi connectivity index (χ4v) is 5.79. The number of likely N-dealkylation sites (N-methyl/N-ethyl adjacent to an activating group) is 1. The van der Waals surface area contributed by atoms with Gasteiger partial charge in [-0.3, -0.25) is 9.69 Å². The van der Waals surface area contributed by atoms with Crippen LogP contribution in [0.4, 0.5) is 4.79 Å². The van der Waals surface area contributed by atoms with E-state index in [4.69, 9.17) is 4.74 Å². The number of urea groups is 1. The Labute approximate surface area is 243 Å². The van der Waals surface area contributed by atoms with Gasteiger partial charge in [-0.1, -0.05) is 39.3 Å². The van der Waals surface area contributed by atoms with Crippen LogP contribution in [0.3, 0.4) is 0 Å². The fourth-order valence-electron chi connectivity index (χ4n) is 5.79. The molecule has 4 rings (SSSR count). The second-order valence-electron chi connectivity index (χ2n) is 10.9. The summed E-state index contributed by atoms with van der Waals surface area (Å²) in [6, 6.07) is 6.69. The van der Waals surface area contributed by atoms with Crippen LogP contribution in [0.15, 0.2) is 18.2 Å². The Hall–Kier alpha value is -2.76. The first-order valence-electron chi connectivity index (χ1n) is 15.1. The summed E-state index contributed by atoms with van der Waals surface area (Å²) in [7, 11) is 6.02. The first kappa shape index (κ1) is 33.4. The van der Waals surface area contributed by atoms with Gasteiger partial charge in [-0.15, -0.1) is 12.8 Å². The number of benzene rings is 1. The van der Waals surface area contributed by atoms with Crippen LogP contribution in [-0.4, -0.2) is 116 Å². The predicted octanol–water partition coefficient (Wildman–Crippen LogP) is 4.35. The highest BCUT2D eigenvalue weighted by atomic mass is 16.5. The maximum atomic E-state index is 13.6. The lowest BCUT2D eigenvalue weighted by Gasteiger charge is -2.44. The molecule has 3 aliphatic heterocycles. The molecule has 1 unspecified atom stereocenters. The molecule has 0 bridgehead atoms. The Morgan fingerprint density at radius 1 is 1.07 bits per heavy atom. The van der Waals surface area contributed by atoms with Crippen molar-refractivity contribution in [3.8, 4) is 18.6 Å². The van der Waals surface area contributed by atoms with Crippen molar-refractivity contribution in [1.29, 1.82) is 0 Å². The maximum absolute atomic E-state index is 13.6. The van der Waals surface area contributed by atoms with Crippen LogP contribution in [0.5, 0.6) is 5.75 Å². The summed E-state index contributed by atoms with van der Waals surface area (Å²) in [5.74, 6) is 1.55. The summed E-state index contributed by atoms with van der Waals surface area (Å²) in [5, 5.41) is 0. The van der Waals surface area contributed by atoms with Gasteiger partial charge in [-0.25, -0.2) is 4.79 Å². The molecule has 1 aromatic carbocycles. The largest absolute Gasteiger partial charge is 0.493 e. The molecule has 2 atom stereocenters. The minimum atomic E-state index is -0.0183. The molecule has 40 heavy (non-hydrogen) atoms. The number of hydrogen-bond acceptors (Lipinski definition) is 5. The molecule has 0 spiro atoms. The molecular formula is C32H53N5O3. The van der Waals surface area contributed by atoms with Gasteiger partial charge in [0.15, 0.2) is 0 Å². The van der Waals surface area contributed by atoms with Crippen LogP contribution in [0.25, 0.3) is 0 Å². The fraction of sp³-hybridized carbons (Fsp3) is 0.688. The smallest absolute Gasteiger partial charge is 0.321 e. The topological polar surface area (TPSA) is 59.6 Å². The molecule has 224 valence electrons. The average Bonchev–Trinajstić information content (AvgIpc) is 3.58. The molecule has 0 aromatic heterocycles. The van der Waals surface area contributed by atoms with E-state index < -0.39 is 0 Å². The van der Waals surface area contributed by atoms with Crippen LogP contribution in [0, 0.1) is 12.8 Å². The first-order chi connectivity index (χ1) is 19.4. The molecule has 2 fully saturated rings. The van der Waals surface area contributed by atoms with Crippen LogP contribution in [0.1, 0.15) is 69.9 Å². The number of amides is 3. The van der Waals surface area contributed by atoms with Crippen molar-refractivity contribution >= 4 is 11.9 Å². The highest BCUT2D eigenvalue weighted by molar-refractivity contribution is 5.79. The Morgan fingerprint density at radius 2 is 1.80 bits per heavy atom. The van der Waals surface area contributed by atoms with E-state index in [-0.39, 0.29) is 18.1 Å². The number of piperidine rings is 1. The zero-order valence-electron chi connectivity index (χ0n) is 25.9. The van der Waals surface area contributed by atoms with Crippen molar-refractivity contribution in [3.05, 3.63) is 29.3 Å². The Bertz CT molecular complexity index is 950. The van der Waals surface area contributed by atoms with Gasteiger partial charge in [0, 0.05) is 46.2 Å². The normalized spacial score (nSPS) is 20.3. The number of rotatable bonds is 11. The zero-order valence-corrected chi connectivity index (χ0v) is 25.9. The van der Waals surface area contributed by atoms with Gasteiger partial charge in [0.25, 0.3) is 0 Å². The summed E-state index contributed by atoms with van der Waals surface area (Å²) in [5.41, 5.74) is 2.62. The Kier molecular flexibility index (Phi) is 14.3. The van der Waals surface area contributed by atoms with Gasteiger partial charge in [-0.05, 0) is 69.4 Å². The number of carbonyl (C=O) groups excluding carboxylic acids is 2. The molecule has 8 nitrogen and oxygen atoms in total. The van der Waals surface area contributed by atoms with Crippen molar-refractivity contribution in [2.24, 2.45) is 0 Å². The van der Waals surface area contributed by atoms with Crippen LogP contribution in [0.2, 0.25) is 0 Å². The Balaban J connectivity index is 0.00000134. The summed E-state index contributed by atoms with van der Waals surface area (Å²) in [4.78, 5) is 36.8. The van der Waals surface area contributed by atoms with E-state index in [1.54, 1.807) is 4.90 Å². The van der Waals surface area contributed by atoms with Gasteiger partial charge in [0.2, 0.25) is 5.91 Å². The maximum Gasteiger partial charge on any atom is 0.321 e. The molecule has 1 aromatic rings. The first-order valence-corrected chi connectivity index (χ1v) is 15.1. The third-order valence-electron chi connectivity index (χ3n) is 7.95. The van der Waals surface area contributed by atoms with E-state index in [1.165, 1.54) is 11.1 Å². The number of terminal acetylenes is 1. The molecule has 0 radical (unpaired) electrons. The minimum Gasteiger partial charge on any atom is -0.493 e. The van der Waals surface area contributed by atoms with Crippen LogP contribution >= 0.6 is 0 Å². The lowest BCUT2D eigenvalue weighted by Crippen LogP contribution is -2.56. The molecule has 2 saturated heterocycles. The van der Waals surface area contributed by atoms with Crippen molar-refractivity contribution in [2.45, 2.75) is 71.4 Å². The van der Waals surface area contributed by atoms with Crippen LogP contribution in [-0.2, 0) is 11.2 Å². The number of hydrogen-bond donors (Lipinski definition) is 0. The third-order valence-corrected chi connectivity index (χ3v) is 7.95. The van der Waals surface area contributed by atoms with E-state index in [9.17, 15) is 9.59 Å². The van der Waals surface area contributed by atoms with Crippen molar-refractivity contribution < 1.29 is 14.3 Å². The number of ether oxygens (including phenoxy) is 1. The molecule has 3 heterocycles. The van der Waals surface area contributed by atoms with Crippen molar-refractivity contribution in [3.63, 3.8) is 0 Å². The van der Waals surface area contributed by atoms with E-state index in [1.807, 2.05) is 25.8 Å². The second-order valence-corrected chi connectivity index (χ2v) is 10.9. The summed E-state index contributed by atoms with van der Waals surface area (Å²) in [6.45, 7) is 12.1. The molecular weight excluding hydrogens is 502 g/mol. The van der Waals surface area contributed by atoms with E-state index in [2.05, 4.69) is 66.8 Å². The highest BCUT2D eigenvalue weighted by Gasteiger charge is 2.40. The van der Waals surface area contributed by atoms with Gasteiger partial charge < -0.3 is 24.3 Å². The van der Waals surface area contributed by atoms with E-state index in [0.29, 0.717) is 12.5 Å². The van der Waals surface area contributed by atoms with Gasteiger partial charge in [-0.2, -0.15) is 0 Å². The monoisotopic (exact) mass is 555 g/mol. The number of carbonyl (C=O) groups is 2. The second kappa shape index (κ2) is 17.1. The molecule has 0 N–H and O–H groups in total. The van der Waals surface area contributed by atoms with Crippen LogP contribution < -0.4 is 4.74 Å². The van der Waals surface area contributed by atoms with Gasteiger partial charge >= 0.3 is 6.03 Å². The van der Waals surface area contributed by atoms with Gasteiger partial charge in [0.05, 0.1) is 19.3 Å². The quantitative estimate of drug-likeness (QED) is 0.380. The molecule has 3 aliphatic rings. The molecule has 0 saturated carbocycles. The minimum absolute atomic E-state index is 0.0183. The van der Waals surface area contributed by atoms with E-state index in [0.717, 1.165) is 90.1 Å². The number of fused-ring (bicyclic) bond motifs is 1. The SMILES string of the molecule is C#C.CC.CCCCN(CCCN(C)C)C(=O)CN1C[C@H](c2ccc3c(c2)CCO3)CCC1N1CCN(C)C1=O. The summed E-state index contributed by atoms with van der Waals surface area (Å²) < 4.78 is 5.71. The number of nitrogens with zero attached hydrogens (tertiary/aromatic N) is 5. The Morgan fingerprint density at radius 3 is 2.45 bits per heavy atom. The zero-order chi connectivity index (χ0) is 29.7. The highest BCUT2D eigenvalue weighted by Crippen LogP contribution is 2.35. The summed E-state index contributed by atoms with van der Waals surface area (Å²) in [6.07, 6.45) is 13.9. The lowest BCUT2D eigenvalue weighted by atomic mass is 9.87. The van der Waals surface area contributed by atoms with Crippen molar-refractivity contribution in [2.75, 3.05) is 73.6 Å². The van der Waals surface area contributed by atoms with Crippen molar-refractivity contribution in [1.82, 2.24) is 24.5 Å². The molecule has 0 aliphatic carbocycles. The number of unbranched alkanes of at least 4 members (excludes halogenated alkanes) is 1.